The molecule has 2 aromatic rings. The molecule has 3 rings (SSSR count). The Hall–Kier alpha value is -2.49. The smallest absolute Gasteiger partial charge is 0.350 e. The van der Waals surface area contributed by atoms with Crippen molar-refractivity contribution in [3.05, 3.63) is 58.1 Å². The number of hydrogen-bond acceptors (Lipinski definition) is 4. The van der Waals surface area contributed by atoms with E-state index in [0.717, 1.165) is 27.8 Å². The number of esters is 1. The summed E-state index contributed by atoms with van der Waals surface area (Å²) in [6.07, 6.45) is 1.20. The lowest BCUT2D eigenvalue weighted by Crippen LogP contribution is -2.45. The first-order valence-corrected chi connectivity index (χ1v) is 8.55. The van der Waals surface area contributed by atoms with Gasteiger partial charge in [0.2, 0.25) is 5.60 Å². The van der Waals surface area contributed by atoms with Crippen molar-refractivity contribution in [1.29, 1.82) is 0 Å². The number of fused-ring (bicyclic) bond motifs is 1. The van der Waals surface area contributed by atoms with Crippen molar-refractivity contribution < 1.29 is 19.4 Å². The van der Waals surface area contributed by atoms with Crippen LogP contribution in [0, 0.1) is 20.8 Å². The molecule has 0 bridgehead atoms. The molecule has 0 amide bonds. The van der Waals surface area contributed by atoms with Crippen LogP contribution in [0.2, 0.25) is 0 Å². The lowest BCUT2D eigenvalue weighted by molar-refractivity contribution is -0.163. The first kappa shape index (κ1) is 17.3. The fraction of sp³-hybridized carbons (Fsp3) is 0.381. The van der Waals surface area contributed by atoms with Gasteiger partial charge in [-0.2, -0.15) is 0 Å². The van der Waals surface area contributed by atoms with E-state index in [9.17, 15) is 9.90 Å². The van der Waals surface area contributed by atoms with Crippen LogP contribution in [-0.4, -0.2) is 16.7 Å². The number of benzene rings is 2. The van der Waals surface area contributed by atoms with Crippen molar-refractivity contribution in [3.8, 4) is 11.5 Å². The summed E-state index contributed by atoms with van der Waals surface area (Å²) in [7, 11) is 0. The minimum atomic E-state index is -1.01. The molecule has 0 saturated carbocycles. The Balaban J connectivity index is 1.82. The van der Waals surface area contributed by atoms with Crippen molar-refractivity contribution in [2.24, 2.45) is 0 Å². The van der Waals surface area contributed by atoms with Gasteiger partial charge >= 0.3 is 5.97 Å². The van der Waals surface area contributed by atoms with Crippen LogP contribution in [0.15, 0.2) is 30.3 Å². The van der Waals surface area contributed by atoms with Crippen LogP contribution in [0.5, 0.6) is 11.5 Å². The van der Waals surface area contributed by atoms with Crippen molar-refractivity contribution in [2.75, 3.05) is 0 Å². The minimum absolute atomic E-state index is 0.234. The van der Waals surface area contributed by atoms with Crippen LogP contribution in [0.4, 0.5) is 0 Å². The number of hydrogen-bond donors (Lipinski definition) is 1. The molecule has 1 aliphatic heterocycles. The third-order valence-electron chi connectivity index (χ3n) is 5.16. The fourth-order valence-electron chi connectivity index (χ4n) is 3.27. The molecule has 1 N–H and O–H groups in total. The van der Waals surface area contributed by atoms with Crippen LogP contribution < -0.4 is 4.74 Å². The largest absolute Gasteiger partial charge is 0.507 e. The van der Waals surface area contributed by atoms with E-state index in [2.05, 4.69) is 0 Å². The lowest BCUT2D eigenvalue weighted by atomic mass is 9.87. The molecular weight excluding hydrogens is 316 g/mol. The van der Waals surface area contributed by atoms with Gasteiger partial charge in [-0.05, 0) is 56.4 Å². The second-order valence-electron chi connectivity index (χ2n) is 6.93. The zero-order chi connectivity index (χ0) is 18.2. The van der Waals surface area contributed by atoms with Gasteiger partial charge in [0.1, 0.15) is 18.1 Å². The molecule has 0 fully saturated rings. The normalized spacial score (nSPS) is 19.0. The highest BCUT2D eigenvalue weighted by Crippen LogP contribution is 2.43. The fourth-order valence-corrected chi connectivity index (χ4v) is 3.27. The third kappa shape index (κ3) is 3.09. The summed E-state index contributed by atoms with van der Waals surface area (Å²) in [5.41, 5.74) is 3.41. The summed E-state index contributed by atoms with van der Waals surface area (Å²) in [4.78, 5) is 12.7. The van der Waals surface area contributed by atoms with Crippen LogP contribution in [-0.2, 0) is 22.6 Å². The number of carbonyl (C=O) groups is 1. The monoisotopic (exact) mass is 340 g/mol. The first-order valence-electron chi connectivity index (χ1n) is 8.55. The molecule has 1 heterocycles. The molecule has 0 radical (unpaired) electrons. The molecule has 2 aromatic carbocycles. The predicted molar refractivity (Wildman–Crippen MR) is 95.9 cm³/mol. The number of phenols is 1. The quantitative estimate of drug-likeness (QED) is 0.853. The Morgan fingerprint density at radius 1 is 1.16 bits per heavy atom. The second-order valence-corrected chi connectivity index (χ2v) is 6.93. The summed E-state index contributed by atoms with van der Waals surface area (Å²) in [5.74, 6) is 0.665. The molecule has 4 heteroatoms. The highest BCUT2D eigenvalue weighted by Gasteiger charge is 2.42. The number of aromatic hydroxyl groups is 1. The van der Waals surface area contributed by atoms with Crippen molar-refractivity contribution in [2.45, 2.75) is 52.7 Å². The van der Waals surface area contributed by atoms with E-state index in [1.54, 1.807) is 6.92 Å². The highest BCUT2D eigenvalue weighted by atomic mass is 16.6. The van der Waals surface area contributed by atoms with Crippen LogP contribution >= 0.6 is 0 Å². The summed E-state index contributed by atoms with van der Waals surface area (Å²) in [6, 6.07) is 9.61. The minimum Gasteiger partial charge on any atom is -0.507 e. The third-order valence-corrected chi connectivity index (χ3v) is 5.16. The molecule has 0 spiro atoms. The molecule has 0 aliphatic carbocycles. The summed E-state index contributed by atoms with van der Waals surface area (Å²) < 4.78 is 11.6. The highest BCUT2D eigenvalue weighted by molar-refractivity contribution is 5.80. The van der Waals surface area contributed by atoms with Crippen LogP contribution in [0.3, 0.4) is 0 Å². The molecule has 1 atom stereocenters. The van der Waals surface area contributed by atoms with E-state index in [1.165, 1.54) is 0 Å². The van der Waals surface area contributed by atoms with Gasteiger partial charge in [-0.15, -0.1) is 0 Å². The maximum atomic E-state index is 12.7. The molecule has 1 unspecified atom stereocenters. The Labute approximate surface area is 148 Å². The summed E-state index contributed by atoms with van der Waals surface area (Å²) in [6.45, 7) is 7.67. The molecule has 132 valence electrons. The van der Waals surface area contributed by atoms with Crippen LogP contribution in [0.1, 0.15) is 41.2 Å². The number of rotatable bonds is 3. The first-order chi connectivity index (χ1) is 11.8. The number of phenolic OH excluding ortho intramolecular Hbond substituents is 1. The predicted octanol–water partition coefficient (Wildman–Crippen LogP) is 4.14. The van der Waals surface area contributed by atoms with E-state index in [1.807, 2.05) is 51.1 Å². The zero-order valence-corrected chi connectivity index (χ0v) is 15.2. The van der Waals surface area contributed by atoms with Gasteiger partial charge in [-0.1, -0.05) is 30.3 Å². The zero-order valence-electron chi connectivity index (χ0n) is 15.2. The number of ether oxygens (including phenoxy) is 2. The van der Waals surface area contributed by atoms with Gasteiger partial charge in [-0.3, -0.25) is 0 Å². The molecule has 25 heavy (non-hydrogen) atoms. The average molecular weight is 340 g/mol. The topological polar surface area (TPSA) is 55.8 Å². The van der Waals surface area contributed by atoms with Crippen LogP contribution in [0.25, 0.3) is 0 Å². The second kappa shape index (κ2) is 6.43. The van der Waals surface area contributed by atoms with Crippen molar-refractivity contribution >= 4 is 5.97 Å². The maximum absolute atomic E-state index is 12.7. The van der Waals surface area contributed by atoms with Gasteiger partial charge in [0.25, 0.3) is 0 Å². The van der Waals surface area contributed by atoms with E-state index in [4.69, 9.17) is 9.47 Å². The Morgan fingerprint density at radius 2 is 1.84 bits per heavy atom. The Kier molecular flexibility index (Phi) is 4.46. The molecule has 0 aromatic heterocycles. The standard InChI is InChI=1S/C21H24O4/c1-13-14(2)19-17(15(3)18(13)22)10-11-21(4,25-19)20(23)24-12-16-8-6-5-7-9-16/h5-9,22H,10-12H2,1-4H3. The van der Waals surface area contributed by atoms with Crippen molar-refractivity contribution in [1.82, 2.24) is 0 Å². The van der Waals surface area contributed by atoms with Gasteiger partial charge < -0.3 is 14.6 Å². The van der Waals surface area contributed by atoms with Crippen molar-refractivity contribution in [3.63, 3.8) is 0 Å². The Morgan fingerprint density at radius 3 is 2.52 bits per heavy atom. The molecule has 0 saturated heterocycles. The lowest BCUT2D eigenvalue weighted by Gasteiger charge is -2.35. The van der Waals surface area contributed by atoms with E-state index in [-0.39, 0.29) is 12.6 Å². The average Bonchev–Trinajstić information content (AvgIpc) is 2.63. The summed E-state index contributed by atoms with van der Waals surface area (Å²) in [5, 5.41) is 10.2. The van der Waals surface area contributed by atoms with Gasteiger partial charge in [0.15, 0.2) is 0 Å². The molecular formula is C21H24O4. The Bertz CT molecular complexity index is 811. The SMILES string of the molecule is Cc1c(C)c2c(c(C)c1O)CCC(C)(C(=O)OCc1ccccc1)O2. The molecule has 1 aliphatic rings. The van der Waals surface area contributed by atoms with E-state index in [0.29, 0.717) is 24.3 Å². The van der Waals surface area contributed by atoms with Gasteiger partial charge in [0.05, 0.1) is 0 Å². The maximum Gasteiger partial charge on any atom is 0.350 e. The van der Waals surface area contributed by atoms with E-state index >= 15 is 0 Å². The van der Waals surface area contributed by atoms with E-state index < -0.39 is 5.60 Å². The molecule has 4 nitrogen and oxygen atoms in total. The van der Waals surface area contributed by atoms with Gasteiger partial charge in [-0.25, -0.2) is 4.79 Å². The van der Waals surface area contributed by atoms with Gasteiger partial charge in [0, 0.05) is 12.0 Å². The summed E-state index contributed by atoms with van der Waals surface area (Å²) >= 11 is 0. The number of carbonyl (C=O) groups excluding carboxylic acids is 1.